The Morgan fingerprint density at radius 1 is 1.12 bits per heavy atom. The molecule has 2 aliphatic rings. The minimum absolute atomic E-state index is 0.0256. The number of carbonyl (C=O) groups excluding carboxylic acids is 2. The van der Waals surface area contributed by atoms with Crippen LogP contribution in [0.4, 0.5) is 10.1 Å². The van der Waals surface area contributed by atoms with E-state index in [1.807, 2.05) is 4.90 Å². The highest BCUT2D eigenvalue weighted by molar-refractivity contribution is 5.93. The number of anilines is 1. The highest BCUT2D eigenvalue weighted by Gasteiger charge is 2.34. The second kappa shape index (κ2) is 7.75. The van der Waals surface area contributed by atoms with E-state index >= 15 is 0 Å². The van der Waals surface area contributed by atoms with Gasteiger partial charge in [-0.05, 0) is 44.1 Å². The maximum atomic E-state index is 13.1. The van der Waals surface area contributed by atoms with Gasteiger partial charge in [0.1, 0.15) is 5.82 Å². The summed E-state index contributed by atoms with van der Waals surface area (Å²) in [7, 11) is 0. The van der Waals surface area contributed by atoms with Crippen molar-refractivity contribution in [1.29, 1.82) is 0 Å². The summed E-state index contributed by atoms with van der Waals surface area (Å²) in [4.78, 5) is 28.3. The molecule has 24 heavy (non-hydrogen) atoms. The van der Waals surface area contributed by atoms with Crippen molar-refractivity contribution >= 4 is 17.5 Å². The van der Waals surface area contributed by atoms with Crippen molar-refractivity contribution < 1.29 is 14.0 Å². The van der Waals surface area contributed by atoms with Gasteiger partial charge in [-0.25, -0.2) is 4.39 Å². The van der Waals surface area contributed by atoms with Gasteiger partial charge in [0.25, 0.3) is 0 Å². The third-order valence-electron chi connectivity index (χ3n) is 4.80. The predicted octanol–water partition coefficient (Wildman–Crippen LogP) is 2.24. The van der Waals surface area contributed by atoms with Crippen molar-refractivity contribution in [2.75, 3.05) is 31.5 Å². The molecular formula is C18H24FN3O2. The molecule has 0 unspecified atom stereocenters. The standard InChI is InChI=1S/C18H24FN3O2/c19-14-5-4-6-15(11-14)20-17(23)7-8-18(24)22-12-16(13-22)21-9-2-1-3-10-21/h4-6,11,16H,1-3,7-10,12-13H2,(H,20,23). The van der Waals surface area contributed by atoms with Gasteiger partial charge >= 0.3 is 0 Å². The van der Waals surface area contributed by atoms with Crippen molar-refractivity contribution in [3.63, 3.8) is 0 Å². The quantitative estimate of drug-likeness (QED) is 0.899. The van der Waals surface area contributed by atoms with E-state index < -0.39 is 5.82 Å². The summed E-state index contributed by atoms with van der Waals surface area (Å²) >= 11 is 0. The topological polar surface area (TPSA) is 52.7 Å². The molecule has 2 heterocycles. The molecule has 2 saturated heterocycles. The van der Waals surface area contributed by atoms with E-state index in [2.05, 4.69) is 10.2 Å². The van der Waals surface area contributed by atoms with E-state index in [0.717, 1.165) is 26.2 Å². The Balaban J connectivity index is 1.36. The smallest absolute Gasteiger partial charge is 0.224 e. The van der Waals surface area contributed by atoms with Crippen LogP contribution in [-0.2, 0) is 9.59 Å². The van der Waals surface area contributed by atoms with Crippen LogP contribution in [0.15, 0.2) is 24.3 Å². The number of hydrogen-bond acceptors (Lipinski definition) is 3. The molecule has 1 N–H and O–H groups in total. The minimum Gasteiger partial charge on any atom is -0.339 e. The summed E-state index contributed by atoms with van der Waals surface area (Å²) in [5, 5.41) is 2.62. The molecule has 6 heteroatoms. The third-order valence-corrected chi connectivity index (χ3v) is 4.80. The van der Waals surface area contributed by atoms with Crippen LogP contribution in [0.3, 0.4) is 0 Å². The first-order chi connectivity index (χ1) is 11.6. The zero-order valence-electron chi connectivity index (χ0n) is 13.8. The van der Waals surface area contributed by atoms with Crippen LogP contribution in [-0.4, -0.2) is 53.8 Å². The maximum Gasteiger partial charge on any atom is 0.224 e. The van der Waals surface area contributed by atoms with Crippen molar-refractivity contribution in [3.8, 4) is 0 Å². The largest absolute Gasteiger partial charge is 0.339 e. The Morgan fingerprint density at radius 3 is 2.58 bits per heavy atom. The first-order valence-electron chi connectivity index (χ1n) is 8.69. The predicted molar refractivity (Wildman–Crippen MR) is 90.1 cm³/mol. The van der Waals surface area contributed by atoms with Gasteiger partial charge in [0, 0.05) is 37.7 Å². The lowest BCUT2D eigenvalue weighted by Gasteiger charge is -2.46. The summed E-state index contributed by atoms with van der Waals surface area (Å²) in [6, 6.07) is 6.24. The van der Waals surface area contributed by atoms with Gasteiger partial charge in [-0.1, -0.05) is 12.5 Å². The van der Waals surface area contributed by atoms with Crippen LogP contribution < -0.4 is 5.32 Å². The molecule has 0 aliphatic carbocycles. The van der Waals surface area contributed by atoms with Crippen LogP contribution in [0.25, 0.3) is 0 Å². The minimum atomic E-state index is -0.395. The van der Waals surface area contributed by atoms with E-state index in [4.69, 9.17) is 0 Å². The Kier molecular flexibility index (Phi) is 5.45. The Hall–Kier alpha value is -1.95. The maximum absolute atomic E-state index is 13.1. The molecule has 5 nitrogen and oxygen atoms in total. The lowest BCUT2D eigenvalue weighted by Crippen LogP contribution is -2.61. The van der Waals surface area contributed by atoms with Crippen molar-refractivity contribution in [2.45, 2.75) is 38.1 Å². The van der Waals surface area contributed by atoms with E-state index in [1.165, 1.54) is 37.5 Å². The monoisotopic (exact) mass is 333 g/mol. The summed E-state index contributed by atoms with van der Waals surface area (Å²) in [6.45, 7) is 3.85. The molecule has 2 aliphatic heterocycles. The average Bonchev–Trinajstić information content (AvgIpc) is 2.52. The number of halogens is 1. The van der Waals surface area contributed by atoms with E-state index in [-0.39, 0.29) is 24.7 Å². The number of carbonyl (C=O) groups is 2. The van der Waals surface area contributed by atoms with Crippen LogP contribution >= 0.6 is 0 Å². The number of rotatable bonds is 5. The molecule has 0 spiro atoms. The molecule has 0 aromatic heterocycles. The van der Waals surface area contributed by atoms with E-state index in [0.29, 0.717) is 11.7 Å². The molecule has 0 atom stereocenters. The Labute approximate surface area is 141 Å². The van der Waals surface area contributed by atoms with Gasteiger partial charge < -0.3 is 10.2 Å². The highest BCUT2D eigenvalue weighted by atomic mass is 19.1. The lowest BCUT2D eigenvalue weighted by molar-refractivity contribution is -0.140. The number of nitrogens with zero attached hydrogens (tertiary/aromatic N) is 2. The fourth-order valence-electron chi connectivity index (χ4n) is 3.34. The summed E-state index contributed by atoms with van der Waals surface area (Å²) in [6.07, 6.45) is 4.15. The lowest BCUT2D eigenvalue weighted by atomic mass is 10.0. The van der Waals surface area contributed by atoms with Gasteiger partial charge in [-0.3, -0.25) is 14.5 Å². The molecule has 2 amide bonds. The van der Waals surface area contributed by atoms with Gasteiger partial charge in [-0.2, -0.15) is 0 Å². The van der Waals surface area contributed by atoms with Gasteiger partial charge in [0.05, 0.1) is 0 Å². The number of hydrogen-bond donors (Lipinski definition) is 1. The number of nitrogens with one attached hydrogen (secondary N) is 1. The van der Waals surface area contributed by atoms with Crippen molar-refractivity contribution in [1.82, 2.24) is 9.80 Å². The molecule has 0 saturated carbocycles. The average molecular weight is 333 g/mol. The zero-order valence-corrected chi connectivity index (χ0v) is 13.8. The summed E-state index contributed by atoms with van der Waals surface area (Å²) < 4.78 is 13.1. The Bertz CT molecular complexity index is 596. The molecule has 0 radical (unpaired) electrons. The zero-order chi connectivity index (χ0) is 16.9. The number of likely N-dealkylation sites (tertiary alicyclic amines) is 2. The summed E-state index contributed by atoms with van der Waals surface area (Å²) in [5.74, 6) is -0.632. The van der Waals surface area contributed by atoms with Gasteiger partial charge in [-0.15, -0.1) is 0 Å². The van der Waals surface area contributed by atoms with Gasteiger partial charge in [0.2, 0.25) is 11.8 Å². The third kappa shape index (κ3) is 4.32. The number of piperidine rings is 1. The molecule has 1 aromatic carbocycles. The second-order valence-corrected chi connectivity index (χ2v) is 6.61. The molecule has 130 valence electrons. The fourth-order valence-corrected chi connectivity index (χ4v) is 3.34. The fraction of sp³-hybridized carbons (Fsp3) is 0.556. The molecule has 2 fully saturated rings. The summed E-state index contributed by atoms with van der Waals surface area (Å²) in [5.41, 5.74) is 0.418. The van der Waals surface area contributed by atoms with Gasteiger partial charge in [0.15, 0.2) is 0 Å². The Morgan fingerprint density at radius 2 is 1.88 bits per heavy atom. The molecule has 3 rings (SSSR count). The second-order valence-electron chi connectivity index (χ2n) is 6.61. The number of benzene rings is 1. The highest BCUT2D eigenvalue weighted by Crippen LogP contribution is 2.20. The van der Waals surface area contributed by atoms with Crippen LogP contribution in [0.5, 0.6) is 0 Å². The van der Waals surface area contributed by atoms with Crippen LogP contribution in [0.2, 0.25) is 0 Å². The van der Waals surface area contributed by atoms with E-state index in [1.54, 1.807) is 6.07 Å². The molecular weight excluding hydrogens is 309 g/mol. The van der Waals surface area contributed by atoms with Crippen molar-refractivity contribution in [2.24, 2.45) is 0 Å². The van der Waals surface area contributed by atoms with Crippen LogP contribution in [0, 0.1) is 5.82 Å². The first-order valence-corrected chi connectivity index (χ1v) is 8.69. The number of amides is 2. The van der Waals surface area contributed by atoms with Crippen molar-refractivity contribution in [3.05, 3.63) is 30.1 Å². The normalized spacial score (nSPS) is 19.0. The van der Waals surface area contributed by atoms with Crippen LogP contribution in [0.1, 0.15) is 32.1 Å². The molecule has 0 bridgehead atoms. The van der Waals surface area contributed by atoms with E-state index in [9.17, 15) is 14.0 Å². The SMILES string of the molecule is O=C(CCC(=O)N1CC(N2CCCCC2)C1)Nc1cccc(F)c1. The first kappa shape index (κ1) is 16.9. The molecule has 1 aromatic rings.